The van der Waals surface area contributed by atoms with Gasteiger partial charge in [0.05, 0.1) is 12.0 Å². The van der Waals surface area contributed by atoms with Crippen molar-refractivity contribution in [1.29, 1.82) is 0 Å². The number of halogens is 3. The van der Waals surface area contributed by atoms with Gasteiger partial charge in [-0.25, -0.2) is 0 Å². The number of H-pyrrole nitrogens is 1. The van der Waals surface area contributed by atoms with E-state index in [1.165, 1.54) is 12.1 Å². The van der Waals surface area contributed by atoms with E-state index in [1.807, 2.05) is 30.5 Å². The molecular formula is C23H26F3N3O2. The van der Waals surface area contributed by atoms with Gasteiger partial charge in [-0.2, -0.15) is 13.2 Å². The molecule has 2 aromatic carbocycles. The molecule has 5 N–H and O–H groups in total. The zero-order valence-electron chi connectivity index (χ0n) is 17.0. The molecule has 2 atom stereocenters. The molecule has 0 spiro atoms. The minimum atomic E-state index is -4.41. The Balaban J connectivity index is 1.70. The number of nitrogens with two attached hydrogens (primary N) is 1. The second-order valence-electron chi connectivity index (χ2n) is 7.65. The first-order valence-corrected chi connectivity index (χ1v) is 10.2. The molecule has 0 aliphatic carbocycles. The molecule has 1 aromatic heterocycles. The molecular weight excluding hydrogens is 407 g/mol. The molecule has 0 saturated heterocycles. The van der Waals surface area contributed by atoms with Crippen molar-refractivity contribution in [3.63, 3.8) is 0 Å². The first kappa shape index (κ1) is 22.8. The lowest BCUT2D eigenvalue weighted by Crippen LogP contribution is -2.45. The summed E-state index contributed by atoms with van der Waals surface area (Å²) >= 11 is 0. The average molecular weight is 433 g/mol. The second kappa shape index (κ2) is 9.98. The molecule has 5 nitrogen and oxygen atoms in total. The maximum Gasteiger partial charge on any atom is 0.416 e. The predicted octanol–water partition coefficient (Wildman–Crippen LogP) is 4.12. The number of carboxylic acids is 1. The fourth-order valence-corrected chi connectivity index (χ4v) is 3.91. The summed E-state index contributed by atoms with van der Waals surface area (Å²) in [5.74, 6) is -0.949. The Bertz CT molecular complexity index is 1020. The van der Waals surface area contributed by atoms with Crippen molar-refractivity contribution in [2.75, 3.05) is 6.54 Å². The highest BCUT2D eigenvalue weighted by atomic mass is 19.4. The van der Waals surface area contributed by atoms with Crippen LogP contribution in [0.1, 0.15) is 29.5 Å². The van der Waals surface area contributed by atoms with Crippen LogP contribution in [0, 0.1) is 0 Å². The van der Waals surface area contributed by atoms with Crippen LogP contribution in [0.2, 0.25) is 0 Å². The van der Waals surface area contributed by atoms with Crippen molar-refractivity contribution in [2.24, 2.45) is 5.73 Å². The van der Waals surface area contributed by atoms with Gasteiger partial charge in [0.15, 0.2) is 0 Å². The molecule has 0 saturated carbocycles. The van der Waals surface area contributed by atoms with Crippen molar-refractivity contribution in [3.05, 3.63) is 71.4 Å². The largest absolute Gasteiger partial charge is 0.481 e. The van der Waals surface area contributed by atoms with Crippen LogP contribution in [0.4, 0.5) is 13.2 Å². The van der Waals surface area contributed by atoms with Gasteiger partial charge in [-0.15, -0.1) is 0 Å². The first-order chi connectivity index (χ1) is 14.8. The zero-order valence-corrected chi connectivity index (χ0v) is 17.0. The summed E-state index contributed by atoms with van der Waals surface area (Å²) < 4.78 is 39.7. The average Bonchev–Trinajstić information content (AvgIpc) is 3.13. The number of nitrogens with one attached hydrogen (secondary N) is 2. The van der Waals surface area contributed by atoms with Crippen LogP contribution >= 0.6 is 0 Å². The number of aliphatic carboxylic acids is 1. The zero-order chi connectivity index (χ0) is 22.4. The van der Waals surface area contributed by atoms with Gasteiger partial charge in [0.2, 0.25) is 0 Å². The van der Waals surface area contributed by atoms with Gasteiger partial charge in [-0.05, 0) is 42.5 Å². The van der Waals surface area contributed by atoms with Gasteiger partial charge in [0.25, 0.3) is 0 Å². The first-order valence-electron chi connectivity index (χ1n) is 10.2. The fourth-order valence-electron chi connectivity index (χ4n) is 3.91. The monoisotopic (exact) mass is 433 g/mol. The molecule has 0 fully saturated rings. The van der Waals surface area contributed by atoms with E-state index in [0.29, 0.717) is 12.8 Å². The number of aromatic amines is 1. The smallest absolute Gasteiger partial charge is 0.416 e. The summed E-state index contributed by atoms with van der Waals surface area (Å²) in [6, 6.07) is 12.5. The van der Waals surface area contributed by atoms with Gasteiger partial charge in [-0.3, -0.25) is 4.79 Å². The molecule has 0 amide bonds. The number of aryl methyl sites for hydroxylation is 1. The summed E-state index contributed by atoms with van der Waals surface area (Å²) in [4.78, 5) is 14.6. The van der Waals surface area contributed by atoms with E-state index >= 15 is 0 Å². The number of carbonyl (C=O) groups is 1. The van der Waals surface area contributed by atoms with Crippen LogP contribution in [0.5, 0.6) is 0 Å². The molecule has 1 heterocycles. The molecule has 31 heavy (non-hydrogen) atoms. The Morgan fingerprint density at radius 1 is 1.06 bits per heavy atom. The third-order valence-electron chi connectivity index (χ3n) is 5.40. The molecule has 3 rings (SSSR count). The Morgan fingerprint density at radius 2 is 1.77 bits per heavy atom. The van der Waals surface area contributed by atoms with E-state index in [4.69, 9.17) is 5.73 Å². The maximum absolute atomic E-state index is 13.2. The quantitative estimate of drug-likeness (QED) is 0.387. The molecule has 0 bridgehead atoms. The minimum Gasteiger partial charge on any atom is -0.481 e. The Morgan fingerprint density at radius 3 is 2.48 bits per heavy atom. The van der Waals surface area contributed by atoms with Crippen LogP contribution in [-0.4, -0.2) is 34.7 Å². The normalized spacial score (nSPS) is 13.9. The van der Waals surface area contributed by atoms with Gasteiger partial charge < -0.3 is 21.1 Å². The van der Waals surface area contributed by atoms with Crippen LogP contribution in [0.25, 0.3) is 10.9 Å². The number of carboxylic acid groups (broad SMARTS) is 1. The summed E-state index contributed by atoms with van der Waals surface area (Å²) in [5.41, 5.74) is 7.37. The lowest BCUT2D eigenvalue weighted by molar-refractivity contribution is -0.139. The SMILES string of the molecule is NCC(CCc1ccccc1C(F)(F)F)N[C@@H](CC(=O)O)Cc1c[nH]c2ccccc12. The summed E-state index contributed by atoms with van der Waals surface area (Å²) in [5, 5.41) is 13.6. The topological polar surface area (TPSA) is 91.1 Å². The standard InChI is InChI=1S/C23H26F3N3O2/c24-23(25,26)20-7-3-1-5-15(20)9-10-17(13-27)29-18(12-22(30)31)11-16-14-28-21-8-4-2-6-19(16)21/h1-8,14,17-18,28-29H,9-13,27H2,(H,30,31)/t17?,18-/m1/s1. The van der Waals surface area contributed by atoms with E-state index in [1.54, 1.807) is 6.07 Å². The van der Waals surface area contributed by atoms with Crippen LogP contribution < -0.4 is 11.1 Å². The van der Waals surface area contributed by atoms with E-state index in [0.717, 1.165) is 22.5 Å². The summed E-state index contributed by atoms with van der Waals surface area (Å²) in [6.07, 6.45) is -1.65. The highest BCUT2D eigenvalue weighted by Crippen LogP contribution is 2.32. The number of para-hydroxylation sites is 1. The van der Waals surface area contributed by atoms with E-state index in [2.05, 4.69) is 10.3 Å². The maximum atomic E-state index is 13.2. The van der Waals surface area contributed by atoms with E-state index in [-0.39, 0.29) is 31.0 Å². The third kappa shape index (κ3) is 6.08. The molecule has 166 valence electrons. The fraction of sp³-hybridized carbons (Fsp3) is 0.348. The van der Waals surface area contributed by atoms with Gasteiger partial charge in [0, 0.05) is 35.7 Å². The van der Waals surface area contributed by atoms with Crippen molar-refractivity contribution >= 4 is 16.9 Å². The number of alkyl halides is 3. The number of benzene rings is 2. The molecule has 0 aliphatic heterocycles. The van der Waals surface area contributed by atoms with Crippen molar-refractivity contribution in [2.45, 2.75) is 43.9 Å². The lowest BCUT2D eigenvalue weighted by atomic mass is 9.97. The number of aromatic nitrogens is 1. The summed E-state index contributed by atoms with van der Waals surface area (Å²) in [7, 11) is 0. The Hall–Kier alpha value is -2.84. The number of rotatable bonds is 10. The molecule has 1 unspecified atom stereocenters. The van der Waals surface area contributed by atoms with Gasteiger partial charge >= 0.3 is 12.1 Å². The van der Waals surface area contributed by atoms with Crippen LogP contribution in [0.15, 0.2) is 54.7 Å². The van der Waals surface area contributed by atoms with Crippen LogP contribution in [0.3, 0.4) is 0 Å². The number of hydrogen-bond donors (Lipinski definition) is 4. The minimum absolute atomic E-state index is 0.116. The predicted molar refractivity (Wildman–Crippen MR) is 114 cm³/mol. The van der Waals surface area contributed by atoms with Gasteiger partial charge in [-0.1, -0.05) is 36.4 Å². The van der Waals surface area contributed by atoms with Gasteiger partial charge in [0.1, 0.15) is 0 Å². The molecule has 3 aromatic rings. The van der Waals surface area contributed by atoms with Crippen molar-refractivity contribution in [3.8, 4) is 0 Å². The van der Waals surface area contributed by atoms with E-state index in [9.17, 15) is 23.1 Å². The molecule has 0 aliphatic rings. The number of fused-ring (bicyclic) bond motifs is 1. The molecule has 8 heteroatoms. The third-order valence-corrected chi connectivity index (χ3v) is 5.40. The van der Waals surface area contributed by atoms with Crippen molar-refractivity contribution < 1.29 is 23.1 Å². The lowest BCUT2D eigenvalue weighted by Gasteiger charge is -2.24. The van der Waals surface area contributed by atoms with Crippen molar-refractivity contribution in [1.82, 2.24) is 10.3 Å². The highest BCUT2D eigenvalue weighted by Gasteiger charge is 2.32. The number of hydrogen-bond acceptors (Lipinski definition) is 3. The molecule has 0 radical (unpaired) electrons. The highest BCUT2D eigenvalue weighted by molar-refractivity contribution is 5.83. The second-order valence-corrected chi connectivity index (χ2v) is 7.65. The Labute approximate surface area is 178 Å². The van der Waals surface area contributed by atoms with Crippen LogP contribution in [-0.2, 0) is 23.8 Å². The Kier molecular flexibility index (Phi) is 7.35. The van der Waals surface area contributed by atoms with E-state index < -0.39 is 23.8 Å². The summed E-state index contributed by atoms with van der Waals surface area (Å²) in [6.45, 7) is 0.193.